The minimum atomic E-state index is -1.22. The molecule has 0 aliphatic heterocycles. The molecule has 2 aromatic rings. The van der Waals surface area contributed by atoms with E-state index in [4.69, 9.17) is 15.2 Å². The molecule has 0 radical (unpaired) electrons. The van der Waals surface area contributed by atoms with Gasteiger partial charge in [0.2, 0.25) is 17.7 Å². The third kappa shape index (κ3) is 13.4. The molecular weight excluding hydrogens is 612 g/mol. The molecule has 4 N–H and O–H groups in total. The summed E-state index contributed by atoms with van der Waals surface area (Å²) in [6.07, 6.45) is 0.254. The van der Waals surface area contributed by atoms with E-state index < -0.39 is 59.1 Å². The van der Waals surface area contributed by atoms with Gasteiger partial charge in [0.05, 0.1) is 0 Å². The van der Waals surface area contributed by atoms with Gasteiger partial charge in [-0.25, -0.2) is 9.59 Å². The average Bonchev–Trinajstić information content (AvgIpc) is 2.96. The van der Waals surface area contributed by atoms with E-state index in [1.807, 2.05) is 63.2 Å². The number of alkyl carbamates (subject to hydrolysis) is 1. The van der Waals surface area contributed by atoms with Crippen LogP contribution in [-0.2, 0) is 35.1 Å². The lowest BCUT2D eigenvalue weighted by molar-refractivity contribution is -0.159. The highest BCUT2D eigenvalue weighted by molar-refractivity contribution is 5.94. The van der Waals surface area contributed by atoms with Crippen molar-refractivity contribution >= 4 is 29.8 Å². The van der Waals surface area contributed by atoms with Gasteiger partial charge in [-0.05, 0) is 90.5 Å². The number of amides is 4. The third-order valence-corrected chi connectivity index (χ3v) is 7.40. The number of hydrogen-bond acceptors (Lipinski definition) is 7. The molecule has 11 heteroatoms. The van der Waals surface area contributed by atoms with Crippen molar-refractivity contribution in [1.82, 2.24) is 15.5 Å². The number of ether oxygens (including phenoxy) is 2. The van der Waals surface area contributed by atoms with Crippen molar-refractivity contribution in [2.24, 2.45) is 5.73 Å². The second-order valence-electron chi connectivity index (χ2n) is 14.1. The lowest BCUT2D eigenvalue weighted by atomic mass is 9.97. The molecule has 0 aliphatic carbocycles. The molecule has 2 aromatic carbocycles. The van der Waals surface area contributed by atoms with E-state index in [2.05, 4.69) is 10.6 Å². The van der Waals surface area contributed by atoms with Gasteiger partial charge in [-0.3, -0.25) is 14.4 Å². The Balaban J connectivity index is 2.66. The first-order chi connectivity index (χ1) is 22.3. The van der Waals surface area contributed by atoms with Crippen molar-refractivity contribution < 1.29 is 33.4 Å². The van der Waals surface area contributed by atoms with Crippen LogP contribution in [0.15, 0.2) is 48.5 Å². The highest BCUT2D eigenvalue weighted by Gasteiger charge is 2.38. The topological polar surface area (TPSA) is 157 Å². The normalized spacial score (nSPS) is 13.4. The molecule has 3 atom stereocenters. The Morgan fingerprint density at radius 1 is 0.833 bits per heavy atom. The number of nitrogens with two attached hydrogens (primary N) is 1. The van der Waals surface area contributed by atoms with E-state index >= 15 is 0 Å². The molecule has 0 saturated heterocycles. The van der Waals surface area contributed by atoms with Crippen LogP contribution in [0.2, 0.25) is 0 Å². The quantitative estimate of drug-likeness (QED) is 0.221. The monoisotopic (exact) mass is 666 g/mol. The molecule has 4 amide bonds. The summed E-state index contributed by atoms with van der Waals surface area (Å²) in [6.45, 7) is 16.3. The van der Waals surface area contributed by atoms with E-state index in [0.717, 1.165) is 16.7 Å². The van der Waals surface area contributed by atoms with Crippen molar-refractivity contribution in [3.05, 3.63) is 70.8 Å². The van der Waals surface area contributed by atoms with Crippen LogP contribution in [-0.4, -0.2) is 64.5 Å². The molecule has 0 saturated carbocycles. The molecule has 0 fully saturated rings. The molecule has 0 aliphatic rings. The third-order valence-electron chi connectivity index (χ3n) is 7.40. The van der Waals surface area contributed by atoms with E-state index in [1.54, 1.807) is 47.6 Å². The van der Waals surface area contributed by atoms with Crippen LogP contribution < -0.4 is 16.4 Å². The first-order valence-electron chi connectivity index (χ1n) is 16.5. The Hall–Kier alpha value is -4.41. The molecular formula is C37H54N4O7. The summed E-state index contributed by atoms with van der Waals surface area (Å²) < 4.78 is 11.1. The van der Waals surface area contributed by atoms with Gasteiger partial charge in [0, 0.05) is 19.4 Å². The fourth-order valence-electron chi connectivity index (χ4n) is 4.96. The second-order valence-corrected chi connectivity index (χ2v) is 14.1. The first-order valence-corrected chi connectivity index (χ1v) is 16.5. The van der Waals surface area contributed by atoms with Crippen LogP contribution >= 0.6 is 0 Å². The molecule has 2 rings (SSSR count). The van der Waals surface area contributed by atoms with Gasteiger partial charge in [0.1, 0.15) is 29.3 Å². The van der Waals surface area contributed by atoms with Gasteiger partial charge in [-0.15, -0.1) is 0 Å². The van der Waals surface area contributed by atoms with Gasteiger partial charge in [0.15, 0.2) is 0 Å². The fourth-order valence-corrected chi connectivity index (χ4v) is 4.96. The number of rotatable bonds is 15. The summed E-state index contributed by atoms with van der Waals surface area (Å²) >= 11 is 0. The highest BCUT2D eigenvalue weighted by atomic mass is 16.6. The Morgan fingerprint density at radius 3 is 2.00 bits per heavy atom. The lowest BCUT2D eigenvalue weighted by Gasteiger charge is -2.35. The van der Waals surface area contributed by atoms with Gasteiger partial charge in [-0.2, -0.15) is 0 Å². The standard InChI is InChI=1S/C37H54N4O7/c1-10-11-21-41(33(44)28(19-20-30(38)42)40-35(46)48-37(7,8)9)31(27-18-17-24(2)25(3)22-27)32(43)39-29(34(45)47-36(4,5)6)23-26-15-13-12-14-16-26/h12-18,22,28-29,31H,10-11,19-21,23H2,1-9H3,(H2,38,42)(H,39,43)(H,40,46). The molecule has 0 spiro atoms. The zero-order valence-corrected chi connectivity index (χ0v) is 30.0. The van der Waals surface area contributed by atoms with Crippen LogP contribution in [0.3, 0.4) is 0 Å². The number of nitrogens with zero attached hydrogens (tertiary/aromatic N) is 1. The van der Waals surface area contributed by atoms with E-state index in [1.165, 1.54) is 4.90 Å². The zero-order valence-electron chi connectivity index (χ0n) is 30.0. The highest BCUT2D eigenvalue weighted by Crippen LogP contribution is 2.27. The summed E-state index contributed by atoms with van der Waals surface area (Å²) in [7, 11) is 0. The number of esters is 1. The number of nitrogens with one attached hydrogen (secondary N) is 2. The SMILES string of the molecule is CCCCN(C(=O)C(CCC(N)=O)NC(=O)OC(C)(C)C)C(C(=O)NC(Cc1ccccc1)C(=O)OC(C)(C)C)c1ccc(C)c(C)c1. The van der Waals surface area contributed by atoms with E-state index in [0.29, 0.717) is 18.4 Å². The minimum Gasteiger partial charge on any atom is -0.458 e. The maximum absolute atomic E-state index is 14.5. The number of primary amides is 1. The van der Waals surface area contributed by atoms with Gasteiger partial charge < -0.3 is 30.7 Å². The molecule has 264 valence electrons. The Kier molecular flexibility index (Phi) is 14.6. The van der Waals surface area contributed by atoms with Crippen molar-refractivity contribution in [3.8, 4) is 0 Å². The first kappa shape index (κ1) is 39.8. The maximum Gasteiger partial charge on any atom is 0.408 e. The smallest absolute Gasteiger partial charge is 0.408 e. The number of unbranched alkanes of at least 4 members (excludes halogenated alkanes) is 1. The largest absolute Gasteiger partial charge is 0.458 e. The Morgan fingerprint density at radius 2 is 1.46 bits per heavy atom. The van der Waals surface area contributed by atoms with Crippen molar-refractivity contribution in [2.45, 2.75) is 124 Å². The Labute approximate surface area is 285 Å². The summed E-state index contributed by atoms with van der Waals surface area (Å²) in [6, 6.07) is 11.2. The predicted octanol–water partition coefficient (Wildman–Crippen LogP) is 5.20. The molecule has 11 nitrogen and oxygen atoms in total. The molecule has 0 bridgehead atoms. The maximum atomic E-state index is 14.5. The summed E-state index contributed by atoms with van der Waals surface area (Å²) in [5.74, 6) is -2.45. The van der Waals surface area contributed by atoms with E-state index in [9.17, 15) is 24.0 Å². The number of carbonyl (C=O) groups excluding carboxylic acids is 5. The summed E-state index contributed by atoms with van der Waals surface area (Å²) in [5, 5.41) is 5.50. The van der Waals surface area contributed by atoms with Crippen LogP contribution in [0.4, 0.5) is 4.79 Å². The van der Waals surface area contributed by atoms with Crippen molar-refractivity contribution in [1.29, 1.82) is 0 Å². The summed E-state index contributed by atoms with van der Waals surface area (Å²) in [4.78, 5) is 68.6. The number of aryl methyl sites for hydroxylation is 2. The van der Waals surface area contributed by atoms with Gasteiger partial charge in [0.25, 0.3) is 0 Å². The summed E-state index contributed by atoms with van der Waals surface area (Å²) in [5.41, 5.74) is 7.00. The van der Waals surface area contributed by atoms with Crippen molar-refractivity contribution in [2.75, 3.05) is 6.54 Å². The fraction of sp³-hybridized carbons (Fsp3) is 0.541. The second kappa shape index (κ2) is 17.7. The van der Waals surface area contributed by atoms with Crippen LogP contribution in [0, 0.1) is 13.8 Å². The van der Waals surface area contributed by atoms with Crippen LogP contribution in [0.5, 0.6) is 0 Å². The Bertz CT molecular complexity index is 1410. The predicted molar refractivity (Wildman–Crippen MR) is 185 cm³/mol. The molecule has 3 unspecified atom stereocenters. The zero-order chi connectivity index (χ0) is 36.2. The molecule has 48 heavy (non-hydrogen) atoms. The van der Waals surface area contributed by atoms with Gasteiger partial charge >= 0.3 is 12.1 Å². The van der Waals surface area contributed by atoms with Crippen LogP contribution in [0.25, 0.3) is 0 Å². The van der Waals surface area contributed by atoms with Gasteiger partial charge in [-0.1, -0.05) is 61.9 Å². The number of carbonyl (C=O) groups is 5. The number of benzene rings is 2. The molecule has 0 heterocycles. The number of hydrogen-bond donors (Lipinski definition) is 3. The van der Waals surface area contributed by atoms with E-state index in [-0.39, 0.29) is 25.8 Å². The minimum absolute atomic E-state index is 0.105. The van der Waals surface area contributed by atoms with Crippen LogP contribution in [0.1, 0.15) is 102 Å². The average molecular weight is 667 g/mol. The van der Waals surface area contributed by atoms with Crippen molar-refractivity contribution in [3.63, 3.8) is 0 Å². The lowest BCUT2D eigenvalue weighted by Crippen LogP contribution is -2.55. The molecule has 0 aromatic heterocycles.